The third kappa shape index (κ3) is 3.72. The normalized spacial score (nSPS) is 13.9. The van der Waals surface area contributed by atoms with Gasteiger partial charge < -0.3 is 19.9 Å². The highest BCUT2D eigenvalue weighted by molar-refractivity contribution is 5.91. The summed E-state index contributed by atoms with van der Waals surface area (Å²) in [7, 11) is 1.67. The predicted molar refractivity (Wildman–Crippen MR) is 102 cm³/mol. The van der Waals surface area contributed by atoms with Crippen LogP contribution >= 0.6 is 0 Å². The Kier molecular flexibility index (Phi) is 5.28. The van der Waals surface area contributed by atoms with Crippen LogP contribution in [0.1, 0.15) is 11.1 Å². The molecule has 6 nitrogen and oxygen atoms in total. The van der Waals surface area contributed by atoms with Crippen LogP contribution in [0.3, 0.4) is 0 Å². The molecule has 0 aliphatic carbocycles. The van der Waals surface area contributed by atoms with Crippen molar-refractivity contribution in [1.29, 1.82) is 5.26 Å². The van der Waals surface area contributed by atoms with E-state index in [1.165, 1.54) is 5.56 Å². The molecule has 0 atom stereocenters. The number of methoxy groups -OCH3 is 1. The summed E-state index contributed by atoms with van der Waals surface area (Å²) in [5.41, 5.74) is 3.24. The van der Waals surface area contributed by atoms with Gasteiger partial charge in [-0.3, -0.25) is 0 Å². The van der Waals surface area contributed by atoms with Crippen molar-refractivity contribution in [3.63, 3.8) is 0 Å². The molecule has 6 heteroatoms. The molecule has 0 unspecified atom stereocenters. The molecule has 1 saturated heterocycles. The number of piperazine rings is 1. The number of nitrogens with one attached hydrogen (secondary N) is 1. The topological polar surface area (TPSA) is 68.6 Å². The van der Waals surface area contributed by atoms with Gasteiger partial charge in [-0.1, -0.05) is 18.2 Å². The zero-order valence-electron chi connectivity index (χ0n) is 15.0. The highest BCUT2D eigenvalue weighted by Gasteiger charge is 2.23. The van der Waals surface area contributed by atoms with E-state index in [0.29, 0.717) is 24.3 Å². The van der Waals surface area contributed by atoms with Crippen LogP contribution in [0.4, 0.5) is 16.2 Å². The van der Waals surface area contributed by atoms with E-state index in [2.05, 4.69) is 29.3 Å². The number of aryl methyl sites for hydroxylation is 1. The molecule has 0 radical (unpaired) electrons. The molecule has 134 valence electrons. The molecule has 2 aromatic carbocycles. The first kappa shape index (κ1) is 17.6. The van der Waals surface area contributed by atoms with Gasteiger partial charge in [0.2, 0.25) is 0 Å². The van der Waals surface area contributed by atoms with E-state index in [1.807, 2.05) is 12.1 Å². The molecule has 2 amide bonds. The van der Waals surface area contributed by atoms with Gasteiger partial charge in [-0.25, -0.2) is 4.79 Å². The number of rotatable bonds is 3. The molecule has 26 heavy (non-hydrogen) atoms. The molecule has 1 N–H and O–H groups in total. The summed E-state index contributed by atoms with van der Waals surface area (Å²) >= 11 is 0. The van der Waals surface area contributed by atoms with Crippen LogP contribution in [0.25, 0.3) is 0 Å². The van der Waals surface area contributed by atoms with Crippen molar-refractivity contribution in [2.75, 3.05) is 43.5 Å². The Morgan fingerprint density at radius 3 is 2.58 bits per heavy atom. The van der Waals surface area contributed by atoms with Crippen LogP contribution in [0.2, 0.25) is 0 Å². The van der Waals surface area contributed by atoms with Crippen molar-refractivity contribution >= 4 is 17.4 Å². The molecule has 1 aliphatic heterocycles. The summed E-state index contributed by atoms with van der Waals surface area (Å²) in [5.74, 6) is 0.844. The summed E-state index contributed by atoms with van der Waals surface area (Å²) in [6.45, 7) is 4.73. The number of ether oxygens (including phenoxy) is 1. The Morgan fingerprint density at radius 2 is 1.88 bits per heavy atom. The third-order valence-electron chi connectivity index (χ3n) is 4.53. The van der Waals surface area contributed by atoms with Gasteiger partial charge in [0.25, 0.3) is 0 Å². The van der Waals surface area contributed by atoms with Crippen LogP contribution in [-0.4, -0.2) is 44.2 Å². The van der Waals surface area contributed by atoms with Crippen molar-refractivity contribution in [2.45, 2.75) is 6.92 Å². The number of anilines is 2. The first-order valence-corrected chi connectivity index (χ1v) is 8.57. The second-order valence-electron chi connectivity index (χ2n) is 6.24. The molecule has 2 aromatic rings. The van der Waals surface area contributed by atoms with Crippen molar-refractivity contribution in [2.24, 2.45) is 0 Å². The van der Waals surface area contributed by atoms with Crippen LogP contribution < -0.4 is 15.0 Å². The molecule has 0 aromatic heterocycles. The van der Waals surface area contributed by atoms with Crippen molar-refractivity contribution in [3.8, 4) is 11.8 Å². The molecule has 0 bridgehead atoms. The van der Waals surface area contributed by atoms with Crippen molar-refractivity contribution in [1.82, 2.24) is 4.90 Å². The lowest BCUT2D eigenvalue weighted by atomic mass is 10.1. The van der Waals surface area contributed by atoms with Gasteiger partial charge in [0.15, 0.2) is 0 Å². The monoisotopic (exact) mass is 350 g/mol. The number of nitriles is 1. The maximum Gasteiger partial charge on any atom is 0.322 e. The summed E-state index contributed by atoms with van der Waals surface area (Å²) in [5, 5.41) is 12.0. The zero-order chi connectivity index (χ0) is 18.5. The highest BCUT2D eigenvalue weighted by atomic mass is 16.5. The number of nitrogens with zero attached hydrogens (tertiary/aromatic N) is 3. The molecule has 0 saturated carbocycles. The van der Waals surface area contributed by atoms with Gasteiger partial charge in [-0.2, -0.15) is 5.26 Å². The van der Waals surface area contributed by atoms with E-state index in [0.717, 1.165) is 24.5 Å². The van der Waals surface area contributed by atoms with Crippen LogP contribution in [0.15, 0.2) is 42.5 Å². The lowest BCUT2D eigenvalue weighted by Gasteiger charge is -2.36. The molecule has 1 fully saturated rings. The fourth-order valence-corrected chi connectivity index (χ4v) is 3.08. The summed E-state index contributed by atoms with van der Waals surface area (Å²) in [6, 6.07) is 15.0. The second kappa shape index (κ2) is 7.79. The number of urea groups is 1. The number of hydrogen-bond acceptors (Lipinski definition) is 4. The van der Waals surface area contributed by atoms with Gasteiger partial charge in [0, 0.05) is 26.2 Å². The van der Waals surface area contributed by atoms with Gasteiger partial charge in [-0.05, 0) is 36.8 Å². The minimum absolute atomic E-state index is 0.177. The molecule has 3 rings (SSSR count). The summed E-state index contributed by atoms with van der Waals surface area (Å²) in [4.78, 5) is 16.5. The summed E-state index contributed by atoms with van der Waals surface area (Å²) in [6.07, 6.45) is 0. The van der Waals surface area contributed by atoms with Gasteiger partial charge in [-0.15, -0.1) is 0 Å². The minimum Gasteiger partial charge on any atom is -0.495 e. The number of benzene rings is 2. The average Bonchev–Trinajstić information content (AvgIpc) is 2.68. The largest absolute Gasteiger partial charge is 0.495 e. The van der Waals surface area contributed by atoms with E-state index in [4.69, 9.17) is 10.00 Å². The summed E-state index contributed by atoms with van der Waals surface area (Å²) < 4.78 is 5.47. The van der Waals surface area contributed by atoms with Crippen molar-refractivity contribution < 1.29 is 9.53 Å². The van der Waals surface area contributed by atoms with E-state index in [9.17, 15) is 4.79 Å². The maximum atomic E-state index is 12.5. The van der Waals surface area contributed by atoms with Gasteiger partial charge in [0.05, 0.1) is 24.0 Å². The first-order valence-electron chi connectivity index (χ1n) is 8.57. The van der Waals surface area contributed by atoms with Crippen molar-refractivity contribution in [3.05, 3.63) is 53.6 Å². The number of carbonyl (C=O) groups is 1. The standard InChI is InChI=1S/C20H22N4O2/c1-15-7-8-19(26-2)18(13-15)23-9-11-24(12-10-23)20(25)22-17-6-4-3-5-16(17)14-21/h3-8,13H,9-12H2,1-2H3,(H,22,25). The number of amides is 2. The van der Waals surface area contributed by atoms with Crippen LogP contribution in [0, 0.1) is 18.3 Å². The van der Waals surface area contributed by atoms with Gasteiger partial charge >= 0.3 is 6.03 Å². The Bertz CT molecular complexity index is 836. The third-order valence-corrected chi connectivity index (χ3v) is 4.53. The van der Waals surface area contributed by atoms with E-state index < -0.39 is 0 Å². The molecule has 1 heterocycles. The Balaban J connectivity index is 1.64. The van der Waals surface area contributed by atoms with E-state index in [1.54, 1.807) is 36.3 Å². The minimum atomic E-state index is -0.177. The molecular weight excluding hydrogens is 328 g/mol. The Labute approximate surface area is 153 Å². The highest BCUT2D eigenvalue weighted by Crippen LogP contribution is 2.30. The zero-order valence-corrected chi connectivity index (χ0v) is 15.0. The van der Waals surface area contributed by atoms with Gasteiger partial charge in [0.1, 0.15) is 11.8 Å². The average molecular weight is 350 g/mol. The smallest absolute Gasteiger partial charge is 0.322 e. The van der Waals surface area contributed by atoms with Crippen LogP contribution in [-0.2, 0) is 0 Å². The van der Waals surface area contributed by atoms with Crippen LogP contribution in [0.5, 0.6) is 5.75 Å². The Morgan fingerprint density at radius 1 is 1.15 bits per heavy atom. The molecular formula is C20H22N4O2. The Hall–Kier alpha value is -3.20. The van der Waals surface area contributed by atoms with E-state index in [-0.39, 0.29) is 6.03 Å². The predicted octanol–water partition coefficient (Wildman–Crippen LogP) is 3.23. The lowest BCUT2D eigenvalue weighted by molar-refractivity contribution is 0.208. The second-order valence-corrected chi connectivity index (χ2v) is 6.24. The number of hydrogen-bond donors (Lipinski definition) is 1. The maximum absolute atomic E-state index is 12.5. The quantitative estimate of drug-likeness (QED) is 0.923. The van der Waals surface area contributed by atoms with E-state index >= 15 is 0 Å². The lowest BCUT2D eigenvalue weighted by Crippen LogP contribution is -2.50. The molecule has 1 aliphatic rings. The number of para-hydroxylation sites is 1. The SMILES string of the molecule is COc1ccc(C)cc1N1CCN(C(=O)Nc2ccccc2C#N)CC1. The number of carbonyl (C=O) groups excluding carboxylic acids is 1. The fraction of sp³-hybridized carbons (Fsp3) is 0.300. The molecule has 0 spiro atoms. The fourth-order valence-electron chi connectivity index (χ4n) is 3.08. The first-order chi connectivity index (χ1) is 12.6.